The topological polar surface area (TPSA) is 84.1 Å². The van der Waals surface area contributed by atoms with Crippen molar-refractivity contribution in [3.8, 4) is 0 Å². The lowest BCUT2D eigenvalue weighted by Crippen LogP contribution is -2.35. The highest BCUT2D eigenvalue weighted by atomic mass is 16.2. The fourth-order valence-corrected chi connectivity index (χ4v) is 3.86. The van der Waals surface area contributed by atoms with E-state index in [-0.39, 0.29) is 12.0 Å². The molecular weight excluding hydrogens is 302 g/mol. The van der Waals surface area contributed by atoms with Gasteiger partial charge in [-0.05, 0) is 31.4 Å². The van der Waals surface area contributed by atoms with Crippen molar-refractivity contribution in [1.29, 1.82) is 0 Å². The first kappa shape index (κ1) is 15.2. The minimum Gasteiger partial charge on any atom is -0.383 e. The van der Waals surface area contributed by atoms with E-state index in [0.717, 1.165) is 43.3 Å². The molecule has 3 N–H and O–H groups in total. The predicted molar refractivity (Wildman–Crippen MR) is 94.5 cm³/mol. The number of nitrogen functional groups attached to an aromatic ring is 1. The Hall–Kier alpha value is -2.37. The summed E-state index contributed by atoms with van der Waals surface area (Å²) in [6.07, 6.45) is 5.41. The Kier molecular flexibility index (Phi) is 3.96. The van der Waals surface area contributed by atoms with Crippen LogP contribution in [0.2, 0.25) is 0 Å². The third-order valence-corrected chi connectivity index (χ3v) is 5.17. The van der Waals surface area contributed by atoms with Crippen LogP contribution in [0, 0.1) is 5.92 Å². The largest absolute Gasteiger partial charge is 0.383 e. The number of benzene rings is 1. The lowest BCUT2D eigenvalue weighted by Gasteiger charge is -2.20. The van der Waals surface area contributed by atoms with Crippen molar-refractivity contribution < 1.29 is 4.79 Å². The number of fused-ring (bicyclic) bond motifs is 1. The van der Waals surface area contributed by atoms with Crippen LogP contribution in [-0.4, -0.2) is 39.9 Å². The maximum absolute atomic E-state index is 12.5. The van der Waals surface area contributed by atoms with Crippen molar-refractivity contribution in [3.63, 3.8) is 0 Å². The van der Waals surface area contributed by atoms with E-state index in [1.807, 2.05) is 29.2 Å². The first-order valence-corrected chi connectivity index (χ1v) is 8.78. The van der Waals surface area contributed by atoms with Crippen molar-refractivity contribution in [2.24, 2.45) is 5.92 Å². The van der Waals surface area contributed by atoms with Gasteiger partial charge in [-0.1, -0.05) is 25.0 Å². The minimum atomic E-state index is 0.191. The molecule has 1 aliphatic carbocycles. The van der Waals surface area contributed by atoms with Crippen LogP contribution in [0.1, 0.15) is 32.1 Å². The molecule has 0 radical (unpaired) electrons. The van der Waals surface area contributed by atoms with Gasteiger partial charge in [0.25, 0.3) is 0 Å². The second kappa shape index (κ2) is 6.26. The molecule has 6 nitrogen and oxygen atoms in total. The highest BCUT2D eigenvalue weighted by Crippen LogP contribution is 2.28. The molecule has 1 saturated heterocycles. The lowest BCUT2D eigenvalue weighted by atomic mass is 10.1. The first-order chi connectivity index (χ1) is 11.7. The van der Waals surface area contributed by atoms with Gasteiger partial charge in [0.1, 0.15) is 5.82 Å². The number of para-hydroxylation sites is 1. The number of rotatable bonds is 3. The van der Waals surface area contributed by atoms with Crippen molar-refractivity contribution in [2.45, 2.75) is 38.1 Å². The summed E-state index contributed by atoms with van der Waals surface area (Å²) in [5, 5.41) is 4.22. The van der Waals surface area contributed by atoms with Gasteiger partial charge in [0.05, 0.1) is 5.52 Å². The van der Waals surface area contributed by atoms with Crippen LogP contribution in [0.4, 0.5) is 11.8 Å². The Bertz CT molecular complexity index is 756. The normalized spacial score (nSPS) is 21.5. The molecule has 1 amide bonds. The summed E-state index contributed by atoms with van der Waals surface area (Å²) < 4.78 is 0. The summed E-state index contributed by atoms with van der Waals surface area (Å²) in [6.45, 7) is 1.54. The first-order valence-electron chi connectivity index (χ1n) is 8.78. The smallest absolute Gasteiger partial charge is 0.225 e. The van der Waals surface area contributed by atoms with E-state index in [0.29, 0.717) is 17.7 Å². The Morgan fingerprint density at radius 2 is 1.96 bits per heavy atom. The molecule has 1 aromatic heterocycles. The maximum atomic E-state index is 12.5. The summed E-state index contributed by atoms with van der Waals surface area (Å²) >= 11 is 0. The number of carbonyl (C=O) groups excluding carboxylic acids is 1. The molecule has 2 aliphatic rings. The molecule has 24 heavy (non-hydrogen) atoms. The van der Waals surface area contributed by atoms with E-state index in [4.69, 9.17) is 5.73 Å². The van der Waals surface area contributed by atoms with E-state index >= 15 is 0 Å². The number of hydrogen-bond donors (Lipinski definition) is 2. The Labute approximate surface area is 141 Å². The van der Waals surface area contributed by atoms with E-state index in [1.54, 1.807) is 0 Å². The fraction of sp³-hybridized carbons (Fsp3) is 0.500. The second-order valence-electron chi connectivity index (χ2n) is 6.85. The van der Waals surface area contributed by atoms with Gasteiger partial charge in [-0.2, -0.15) is 4.98 Å². The number of amides is 1. The van der Waals surface area contributed by atoms with Gasteiger partial charge >= 0.3 is 0 Å². The molecule has 0 unspecified atom stereocenters. The molecule has 2 aromatic rings. The SMILES string of the molecule is Nc1nc(N[C@@H]2CCN(C(=O)C3CCCC3)C2)nc2ccccc12. The maximum Gasteiger partial charge on any atom is 0.225 e. The molecule has 0 bridgehead atoms. The number of likely N-dealkylation sites (tertiary alicyclic amines) is 1. The third kappa shape index (κ3) is 2.88. The summed E-state index contributed by atoms with van der Waals surface area (Å²) in [6, 6.07) is 7.92. The molecule has 2 heterocycles. The van der Waals surface area contributed by atoms with Crippen LogP contribution in [-0.2, 0) is 4.79 Å². The summed E-state index contributed by atoms with van der Waals surface area (Å²) in [7, 11) is 0. The van der Waals surface area contributed by atoms with Crippen LogP contribution in [0.3, 0.4) is 0 Å². The highest BCUT2D eigenvalue weighted by molar-refractivity contribution is 5.88. The monoisotopic (exact) mass is 325 g/mol. The zero-order chi connectivity index (χ0) is 16.5. The summed E-state index contributed by atoms with van der Waals surface area (Å²) in [5.41, 5.74) is 6.87. The average Bonchev–Trinajstić information content (AvgIpc) is 3.26. The van der Waals surface area contributed by atoms with Crippen LogP contribution in [0.5, 0.6) is 0 Å². The summed E-state index contributed by atoms with van der Waals surface area (Å²) in [5.74, 6) is 1.61. The molecule has 1 atom stereocenters. The van der Waals surface area contributed by atoms with Crippen molar-refractivity contribution in [2.75, 3.05) is 24.1 Å². The minimum absolute atomic E-state index is 0.191. The quantitative estimate of drug-likeness (QED) is 0.905. The van der Waals surface area contributed by atoms with E-state index in [1.165, 1.54) is 12.8 Å². The van der Waals surface area contributed by atoms with E-state index in [9.17, 15) is 4.79 Å². The number of anilines is 2. The van der Waals surface area contributed by atoms with Gasteiger partial charge in [-0.3, -0.25) is 4.79 Å². The van der Waals surface area contributed by atoms with E-state index < -0.39 is 0 Å². The van der Waals surface area contributed by atoms with Crippen molar-refractivity contribution in [3.05, 3.63) is 24.3 Å². The zero-order valence-electron chi connectivity index (χ0n) is 13.7. The van der Waals surface area contributed by atoms with Gasteiger partial charge in [-0.15, -0.1) is 0 Å². The molecule has 4 rings (SSSR count). The van der Waals surface area contributed by atoms with Crippen molar-refractivity contribution >= 4 is 28.6 Å². The molecule has 1 saturated carbocycles. The third-order valence-electron chi connectivity index (χ3n) is 5.17. The number of hydrogen-bond acceptors (Lipinski definition) is 5. The molecule has 126 valence electrons. The van der Waals surface area contributed by atoms with Gasteiger partial charge < -0.3 is 16.0 Å². The molecule has 0 spiro atoms. The van der Waals surface area contributed by atoms with Gasteiger partial charge in [-0.25, -0.2) is 4.98 Å². The van der Waals surface area contributed by atoms with Crippen molar-refractivity contribution in [1.82, 2.24) is 14.9 Å². The van der Waals surface area contributed by atoms with Gasteiger partial charge in [0, 0.05) is 30.4 Å². The van der Waals surface area contributed by atoms with Crippen LogP contribution >= 0.6 is 0 Å². The second-order valence-corrected chi connectivity index (χ2v) is 6.85. The molecule has 1 aromatic carbocycles. The number of nitrogens with two attached hydrogens (primary N) is 1. The fourth-order valence-electron chi connectivity index (χ4n) is 3.86. The molecule has 6 heteroatoms. The molecular formula is C18H23N5O. The standard InChI is InChI=1S/C18H23N5O/c19-16-14-7-3-4-8-15(14)21-18(22-16)20-13-9-10-23(11-13)17(24)12-5-1-2-6-12/h3-4,7-8,12-13H,1-2,5-6,9-11H2,(H3,19,20,21,22)/t13-/m1/s1. The summed E-state index contributed by atoms with van der Waals surface area (Å²) in [4.78, 5) is 23.4. The number of aromatic nitrogens is 2. The van der Waals surface area contributed by atoms with Crippen LogP contribution in [0.25, 0.3) is 10.9 Å². The van der Waals surface area contributed by atoms with E-state index in [2.05, 4.69) is 15.3 Å². The number of nitrogens with one attached hydrogen (secondary N) is 1. The van der Waals surface area contributed by atoms with Gasteiger partial charge in [0.2, 0.25) is 11.9 Å². The zero-order valence-corrected chi connectivity index (χ0v) is 13.7. The molecule has 2 fully saturated rings. The van der Waals surface area contributed by atoms with Crippen LogP contribution < -0.4 is 11.1 Å². The average molecular weight is 325 g/mol. The lowest BCUT2D eigenvalue weighted by molar-refractivity contribution is -0.134. The number of carbonyl (C=O) groups is 1. The Morgan fingerprint density at radius 1 is 1.17 bits per heavy atom. The predicted octanol–water partition coefficient (Wildman–Crippen LogP) is 2.42. The Morgan fingerprint density at radius 3 is 2.79 bits per heavy atom. The van der Waals surface area contributed by atoms with Gasteiger partial charge in [0.15, 0.2) is 0 Å². The molecule has 1 aliphatic heterocycles. The van der Waals surface area contributed by atoms with Crippen LogP contribution in [0.15, 0.2) is 24.3 Å². The number of nitrogens with zero attached hydrogens (tertiary/aromatic N) is 3. The Balaban J connectivity index is 1.44. The highest BCUT2D eigenvalue weighted by Gasteiger charge is 2.32.